The van der Waals surface area contributed by atoms with Gasteiger partial charge in [-0.15, -0.1) is 0 Å². The molecule has 1 aliphatic heterocycles. The summed E-state index contributed by atoms with van der Waals surface area (Å²) in [5.41, 5.74) is 9.82. The predicted octanol–water partition coefficient (Wildman–Crippen LogP) is 3.33. The zero-order chi connectivity index (χ0) is 18.0. The number of carbonyl (C=O) groups excluding carboxylic acids is 1. The minimum atomic E-state index is -0.782. The van der Waals surface area contributed by atoms with Gasteiger partial charge in [-0.2, -0.15) is 0 Å². The summed E-state index contributed by atoms with van der Waals surface area (Å²) in [6, 6.07) is 18.3. The second-order valence-corrected chi connectivity index (χ2v) is 7.06. The third-order valence-electron chi connectivity index (χ3n) is 4.48. The normalized spacial score (nSPS) is 23.4. The van der Waals surface area contributed by atoms with Gasteiger partial charge in [0, 0.05) is 6.04 Å². The molecule has 0 aromatic heterocycles. The van der Waals surface area contributed by atoms with Gasteiger partial charge in [0.05, 0.1) is 0 Å². The largest absolute Gasteiger partial charge is 0.342 e. The molecule has 3 rings (SSSR count). The van der Waals surface area contributed by atoms with Crippen molar-refractivity contribution in [2.75, 3.05) is 0 Å². The third kappa shape index (κ3) is 4.15. The molecular weight excluding hydrogens is 314 g/mol. The molecule has 132 valence electrons. The van der Waals surface area contributed by atoms with Gasteiger partial charge in [0.25, 0.3) is 0 Å². The van der Waals surface area contributed by atoms with Crippen LogP contribution in [0.25, 0.3) is 11.1 Å². The predicted molar refractivity (Wildman–Crippen MR) is 98.1 cm³/mol. The topological polar surface area (TPSA) is 61.5 Å². The number of Topliss-reactive ketones (excluding diaryl/α,β-unsaturated/α-hetero) is 1. The molecule has 1 fully saturated rings. The lowest BCUT2D eigenvalue weighted by atomic mass is 9.95. The number of carbonyl (C=O) groups is 1. The van der Waals surface area contributed by atoms with E-state index in [4.69, 9.17) is 15.2 Å². The Hall–Kier alpha value is -2.01. The smallest absolute Gasteiger partial charge is 0.164 e. The molecule has 4 heteroatoms. The fourth-order valence-corrected chi connectivity index (χ4v) is 3.27. The SMILES string of the molecule is CC(=O)[C@@H]1OC(C)(C)O[C@H]1C(N)Cc1ccc(-c2ccccc2)cc1. The highest BCUT2D eigenvalue weighted by molar-refractivity contribution is 5.81. The second kappa shape index (κ2) is 7.08. The first kappa shape index (κ1) is 17.8. The Morgan fingerprint density at radius 1 is 1.04 bits per heavy atom. The van der Waals surface area contributed by atoms with Crippen LogP contribution in [0.5, 0.6) is 0 Å². The monoisotopic (exact) mass is 339 g/mol. The van der Waals surface area contributed by atoms with E-state index < -0.39 is 18.0 Å². The van der Waals surface area contributed by atoms with Crippen LogP contribution in [0.15, 0.2) is 54.6 Å². The molecule has 2 aromatic carbocycles. The molecule has 0 radical (unpaired) electrons. The number of ketones is 1. The van der Waals surface area contributed by atoms with Gasteiger partial charge in [-0.3, -0.25) is 4.79 Å². The van der Waals surface area contributed by atoms with Crippen LogP contribution in [-0.2, 0) is 20.7 Å². The fourth-order valence-electron chi connectivity index (χ4n) is 3.27. The van der Waals surface area contributed by atoms with E-state index in [1.54, 1.807) is 0 Å². The van der Waals surface area contributed by atoms with E-state index in [1.165, 1.54) is 18.1 Å². The maximum atomic E-state index is 11.8. The Kier molecular flexibility index (Phi) is 5.04. The molecule has 4 nitrogen and oxygen atoms in total. The van der Waals surface area contributed by atoms with Crippen LogP contribution in [0.4, 0.5) is 0 Å². The van der Waals surface area contributed by atoms with Gasteiger partial charge in [-0.25, -0.2) is 0 Å². The molecule has 0 saturated carbocycles. The van der Waals surface area contributed by atoms with Gasteiger partial charge in [0.15, 0.2) is 11.6 Å². The third-order valence-corrected chi connectivity index (χ3v) is 4.48. The van der Waals surface area contributed by atoms with Gasteiger partial charge in [0.2, 0.25) is 0 Å². The van der Waals surface area contributed by atoms with Gasteiger partial charge in [0.1, 0.15) is 12.2 Å². The van der Waals surface area contributed by atoms with Crippen molar-refractivity contribution in [2.45, 2.75) is 51.2 Å². The molecule has 3 atom stereocenters. The second-order valence-electron chi connectivity index (χ2n) is 7.06. The minimum absolute atomic E-state index is 0.0505. The zero-order valence-corrected chi connectivity index (χ0v) is 14.9. The average molecular weight is 339 g/mol. The summed E-state index contributed by atoms with van der Waals surface area (Å²) in [4.78, 5) is 11.8. The van der Waals surface area contributed by atoms with E-state index in [0.29, 0.717) is 6.42 Å². The van der Waals surface area contributed by atoms with E-state index >= 15 is 0 Å². The average Bonchev–Trinajstić information content (AvgIpc) is 2.93. The first-order valence-electron chi connectivity index (χ1n) is 8.62. The summed E-state index contributed by atoms with van der Waals surface area (Å²) < 4.78 is 11.6. The van der Waals surface area contributed by atoms with Crippen molar-refractivity contribution in [1.29, 1.82) is 0 Å². The summed E-state index contributed by atoms with van der Waals surface area (Å²) in [5.74, 6) is -0.832. The lowest BCUT2D eigenvalue weighted by Crippen LogP contribution is -2.45. The van der Waals surface area contributed by atoms with Crippen LogP contribution in [0.3, 0.4) is 0 Å². The molecule has 0 amide bonds. The van der Waals surface area contributed by atoms with Gasteiger partial charge in [-0.05, 0) is 43.9 Å². The highest BCUT2D eigenvalue weighted by Crippen LogP contribution is 2.31. The number of rotatable bonds is 5. The van der Waals surface area contributed by atoms with Gasteiger partial charge >= 0.3 is 0 Å². The van der Waals surface area contributed by atoms with Crippen molar-refractivity contribution in [3.8, 4) is 11.1 Å². The maximum Gasteiger partial charge on any atom is 0.164 e. The lowest BCUT2D eigenvalue weighted by molar-refractivity contribution is -0.154. The Morgan fingerprint density at radius 2 is 1.64 bits per heavy atom. The number of benzene rings is 2. The number of hydrogen-bond donors (Lipinski definition) is 1. The van der Waals surface area contributed by atoms with E-state index in [0.717, 1.165) is 5.56 Å². The number of hydrogen-bond acceptors (Lipinski definition) is 4. The van der Waals surface area contributed by atoms with Crippen molar-refractivity contribution in [3.05, 3.63) is 60.2 Å². The Morgan fingerprint density at radius 3 is 2.24 bits per heavy atom. The van der Waals surface area contributed by atoms with Crippen LogP contribution in [-0.4, -0.2) is 29.8 Å². The number of ether oxygens (including phenoxy) is 2. The van der Waals surface area contributed by atoms with E-state index in [1.807, 2.05) is 32.0 Å². The number of nitrogens with two attached hydrogens (primary N) is 1. The molecule has 0 bridgehead atoms. The highest BCUT2D eigenvalue weighted by atomic mass is 16.8. The summed E-state index contributed by atoms with van der Waals surface area (Å²) in [6.45, 7) is 5.14. The molecule has 0 spiro atoms. The van der Waals surface area contributed by atoms with E-state index in [9.17, 15) is 4.79 Å². The van der Waals surface area contributed by atoms with Crippen molar-refractivity contribution < 1.29 is 14.3 Å². The Balaban J connectivity index is 1.70. The highest BCUT2D eigenvalue weighted by Gasteiger charge is 2.46. The first-order chi connectivity index (χ1) is 11.9. The molecule has 1 aliphatic rings. The first-order valence-corrected chi connectivity index (χ1v) is 8.62. The van der Waals surface area contributed by atoms with Crippen molar-refractivity contribution in [1.82, 2.24) is 0 Å². The molecule has 1 heterocycles. The van der Waals surface area contributed by atoms with Crippen molar-refractivity contribution in [3.63, 3.8) is 0 Å². The van der Waals surface area contributed by atoms with Crippen LogP contribution in [0.2, 0.25) is 0 Å². The fraction of sp³-hybridized carbons (Fsp3) is 0.381. The van der Waals surface area contributed by atoms with Crippen LogP contribution in [0.1, 0.15) is 26.3 Å². The van der Waals surface area contributed by atoms with Gasteiger partial charge < -0.3 is 15.2 Å². The molecular formula is C21H25NO3. The molecule has 2 aromatic rings. The Bertz CT molecular complexity index is 725. The molecule has 2 N–H and O–H groups in total. The van der Waals surface area contributed by atoms with Gasteiger partial charge in [-0.1, -0.05) is 54.6 Å². The Labute approximate surface area is 148 Å². The maximum absolute atomic E-state index is 11.8. The standard InChI is InChI=1S/C21H25NO3/c1-14(23)19-20(25-21(2,3)24-19)18(22)13-15-9-11-17(12-10-15)16-7-5-4-6-8-16/h4-12,18-20H,13,22H2,1-3H3/t18?,19-,20-/m0/s1. The lowest BCUT2D eigenvalue weighted by Gasteiger charge is -2.22. The molecule has 25 heavy (non-hydrogen) atoms. The quantitative estimate of drug-likeness (QED) is 0.907. The molecule has 1 unspecified atom stereocenters. The zero-order valence-electron chi connectivity index (χ0n) is 14.9. The van der Waals surface area contributed by atoms with E-state index in [2.05, 4.69) is 36.4 Å². The summed E-state index contributed by atoms with van der Waals surface area (Å²) in [5, 5.41) is 0. The van der Waals surface area contributed by atoms with Crippen LogP contribution >= 0.6 is 0 Å². The van der Waals surface area contributed by atoms with Crippen LogP contribution in [0, 0.1) is 0 Å². The summed E-state index contributed by atoms with van der Waals surface area (Å²) in [7, 11) is 0. The summed E-state index contributed by atoms with van der Waals surface area (Å²) in [6.07, 6.45) is -0.405. The minimum Gasteiger partial charge on any atom is -0.342 e. The van der Waals surface area contributed by atoms with E-state index in [-0.39, 0.29) is 11.8 Å². The molecule has 1 saturated heterocycles. The summed E-state index contributed by atoms with van der Waals surface area (Å²) >= 11 is 0. The van der Waals surface area contributed by atoms with Crippen LogP contribution < -0.4 is 5.73 Å². The van der Waals surface area contributed by atoms with Crippen molar-refractivity contribution in [2.24, 2.45) is 5.73 Å². The van der Waals surface area contributed by atoms with Crippen molar-refractivity contribution >= 4 is 5.78 Å². The molecule has 0 aliphatic carbocycles.